The van der Waals surface area contributed by atoms with E-state index in [9.17, 15) is 4.39 Å². The number of halogens is 1. The summed E-state index contributed by atoms with van der Waals surface area (Å²) in [4.78, 5) is 0. The standard InChI is InChI=1S/C16H26FNO2/c1-12(2)18-11-13-6-7-15(14(17)10-13)20-9-8-16(3,4)19-5/h6-7,10,12,18H,8-9,11H2,1-5H3. The molecule has 20 heavy (non-hydrogen) atoms. The summed E-state index contributed by atoms with van der Waals surface area (Å²) in [6.07, 6.45) is 0.708. The Bertz CT molecular complexity index is 419. The molecule has 1 aromatic carbocycles. The highest BCUT2D eigenvalue weighted by atomic mass is 19.1. The molecule has 0 aliphatic heterocycles. The van der Waals surface area contributed by atoms with Crippen LogP contribution < -0.4 is 10.1 Å². The fraction of sp³-hybridized carbons (Fsp3) is 0.625. The van der Waals surface area contributed by atoms with Crippen LogP contribution in [-0.2, 0) is 11.3 Å². The summed E-state index contributed by atoms with van der Waals surface area (Å²) < 4.78 is 24.7. The second kappa shape index (κ2) is 7.60. The molecule has 0 saturated heterocycles. The van der Waals surface area contributed by atoms with Crippen molar-refractivity contribution in [3.63, 3.8) is 0 Å². The lowest BCUT2D eigenvalue weighted by atomic mass is 10.1. The first-order valence-corrected chi connectivity index (χ1v) is 7.04. The second-order valence-corrected chi connectivity index (χ2v) is 5.86. The number of methoxy groups -OCH3 is 1. The van der Waals surface area contributed by atoms with Crippen LogP contribution in [0.3, 0.4) is 0 Å². The predicted molar refractivity (Wildman–Crippen MR) is 79.6 cm³/mol. The number of rotatable bonds is 8. The average Bonchev–Trinajstić information content (AvgIpc) is 2.38. The van der Waals surface area contributed by atoms with Crippen LogP contribution in [0.5, 0.6) is 5.75 Å². The Morgan fingerprint density at radius 3 is 2.55 bits per heavy atom. The Morgan fingerprint density at radius 2 is 2.00 bits per heavy atom. The van der Waals surface area contributed by atoms with Gasteiger partial charge >= 0.3 is 0 Å². The minimum atomic E-state index is -0.316. The third kappa shape index (κ3) is 5.88. The monoisotopic (exact) mass is 283 g/mol. The average molecular weight is 283 g/mol. The van der Waals surface area contributed by atoms with Crippen molar-refractivity contribution in [1.29, 1.82) is 0 Å². The molecule has 1 N–H and O–H groups in total. The van der Waals surface area contributed by atoms with Crippen LogP contribution in [0.1, 0.15) is 39.7 Å². The first-order chi connectivity index (χ1) is 9.34. The van der Waals surface area contributed by atoms with Gasteiger partial charge in [0, 0.05) is 26.1 Å². The third-order valence-electron chi connectivity index (χ3n) is 3.23. The SMILES string of the molecule is COC(C)(C)CCOc1ccc(CNC(C)C)cc1F. The van der Waals surface area contributed by atoms with Gasteiger partial charge in [-0.05, 0) is 31.5 Å². The molecule has 0 aliphatic rings. The van der Waals surface area contributed by atoms with Crippen molar-refractivity contribution in [3.8, 4) is 5.75 Å². The lowest BCUT2D eigenvalue weighted by Crippen LogP contribution is -2.25. The normalized spacial score (nSPS) is 11.9. The maximum absolute atomic E-state index is 13.9. The van der Waals surface area contributed by atoms with Crippen LogP contribution in [0.25, 0.3) is 0 Å². The Morgan fingerprint density at radius 1 is 1.30 bits per heavy atom. The van der Waals surface area contributed by atoms with Crippen molar-refractivity contribution in [2.24, 2.45) is 0 Å². The summed E-state index contributed by atoms with van der Waals surface area (Å²) in [5.41, 5.74) is 0.665. The van der Waals surface area contributed by atoms with Gasteiger partial charge in [-0.2, -0.15) is 0 Å². The zero-order valence-electron chi connectivity index (χ0n) is 13.1. The summed E-state index contributed by atoms with van der Waals surface area (Å²) in [5, 5.41) is 3.26. The van der Waals surface area contributed by atoms with Crippen molar-refractivity contribution >= 4 is 0 Å². The van der Waals surface area contributed by atoms with E-state index in [1.165, 1.54) is 6.07 Å². The Labute approximate surface area is 121 Å². The van der Waals surface area contributed by atoms with Crippen molar-refractivity contribution in [3.05, 3.63) is 29.6 Å². The molecule has 114 valence electrons. The minimum Gasteiger partial charge on any atom is -0.490 e. The van der Waals surface area contributed by atoms with Gasteiger partial charge in [0.1, 0.15) is 0 Å². The first kappa shape index (κ1) is 16.9. The van der Waals surface area contributed by atoms with E-state index in [2.05, 4.69) is 19.2 Å². The van der Waals surface area contributed by atoms with E-state index in [1.807, 2.05) is 19.9 Å². The van der Waals surface area contributed by atoms with Gasteiger partial charge in [-0.15, -0.1) is 0 Å². The summed E-state index contributed by atoms with van der Waals surface area (Å²) >= 11 is 0. The molecule has 1 rings (SSSR count). The zero-order chi connectivity index (χ0) is 15.2. The molecule has 0 aromatic heterocycles. The van der Waals surface area contributed by atoms with Gasteiger partial charge in [0.2, 0.25) is 0 Å². The second-order valence-electron chi connectivity index (χ2n) is 5.86. The lowest BCUT2D eigenvalue weighted by Gasteiger charge is -2.22. The topological polar surface area (TPSA) is 30.5 Å². The maximum Gasteiger partial charge on any atom is 0.165 e. The molecule has 0 heterocycles. The molecular weight excluding hydrogens is 257 g/mol. The van der Waals surface area contributed by atoms with Crippen LogP contribution in [-0.4, -0.2) is 25.4 Å². The molecule has 3 nitrogen and oxygen atoms in total. The summed E-state index contributed by atoms with van der Waals surface area (Å²) in [5.74, 6) is -0.0199. The van der Waals surface area contributed by atoms with Crippen molar-refractivity contribution in [1.82, 2.24) is 5.32 Å². The molecule has 0 spiro atoms. The zero-order valence-corrected chi connectivity index (χ0v) is 13.1. The molecule has 0 amide bonds. The number of hydrogen-bond donors (Lipinski definition) is 1. The van der Waals surface area contributed by atoms with Crippen LogP contribution in [0.4, 0.5) is 4.39 Å². The van der Waals surface area contributed by atoms with Crippen molar-refractivity contribution in [2.45, 2.75) is 52.3 Å². The highest BCUT2D eigenvalue weighted by Gasteiger charge is 2.16. The molecule has 0 aliphatic carbocycles. The fourth-order valence-corrected chi connectivity index (χ4v) is 1.60. The molecular formula is C16H26FNO2. The van der Waals surface area contributed by atoms with Gasteiger partial charge in [0.25, 0.3) is 0 Å². The quantitative estimate of drug-likeness (QED) is 0.792. The molecule has 0 fully saturated rings. The largest absolute Gasteiger partial charge is 0.490 e. The van der Waals surface area contributed by atoms with Crippen molar-refractivity contribution in [2.75, 3.05) is 13.7 Å². The lowest BCUT2D eigenvalue weighted by molar-refractivity contribution is 0.00513. The van der Waals surface area contributed by atoms with E-state index < -0.39 is 0 Å². The van der Waals surface area contributed by atoms with Gasteiger partial charge in [0.05, 0.1) is 12.2 Å². The summed E-state index contributed by atoms with van der Waals surface area (Å²) in [7, 11) is 1.66. The van der Waals surface area contributed by atoms with Gasteiger partial charge in [-0.25, -0.2) is 4.39 Å². The van der Waals surface area contributed by atoms with E-state index in [4.69, 9.17) is 9.47 Å². The van der Waals surface area contributed by atoms with E-state index in [0.717, 1.165) is 5.56 Å². The summed E-state index contributed by atoms with van der Waals surface area (Å²) in [6.45, 7) is 9.17. The predicted octanol–water partition coefficient (Wildman–Crippen LogP) is 3.52. The van der Waals surface area contributed by atoms with Gasteiger partial charge in [-0.3, -0.25) is 0 Å². The number of ether oxygens (including phenoxy) is 2. The third-order valence-corrected chi connectivity index (χ3v) is 3.23. The van der Waals surface area contributed by atoms with Crippen LogP contribution in [0.15, 0.2) is 18.2 Å². The molecule has 4 heteroatoms. The molecule has 0 saturated carbocycles. The molecule has 0 radical (unpaired) electrons. The number of hydrogen-bond acceptors (Lipinski definition) is 3. The van der Waals surface area contributed by atoms with E-state index in [-0.39, 0.29) is 11.4 Å². The van der Waals surface area contributed by atoms with Gasteiger partial charge in [-0.1, -0.05) is 19.9 Å². The van der Waals surface area contributed by atoms with Gasteiger partial charge < -0.3 is 14.8 Å². The Kier molecular flexibility index (Phi) is 6.43. The van der Waals surface area contributed by atoms with E-state index in [1.54, 1.807) is 13.2 Å². The summed E-state index contributed by atoms with van der Waals surface area (Å²) in [6, 6.07) is 5.47. The minimum absolute atomic E-state index is 0.252. The number of nitrogens with one attached hydrogen (secondary N) is 1. The van der Waals surface area contributed by atoms with Crippen LogP contribution in [0, 0.1) is 5.82 Å². The smallest absolute Gasteiger partial charge is 0.165 e. The van der Waals surface area contributed by atoms with Crippen LogP contribution >= 0.6 is 0 Å². The van der Waals surface area contributed by atoms with Crippen LogP contribution in [0.2, 0.25) is 0 Å². The van der Waals surface area contributed by atoms with Crippen molar-refractivity contribution < 1.29 is 13.9 Å². The van der Waals surface area contributed by atoms with Gasteiger partial charge in [0.15, 0.2) is 11.6 Å². The molecule has 0 atom stereocenters. The molecule has 0 bridgehead atoms. The Hall–Kier alpha value is -1.13. The van der Waals surface area contributed by atoms with E-state index >= 15 is 0 Å². The number of benzene rings is 1. The molecule has 0 unspecified atom stereocenters. The highest BCUT2D eigenvalue weighted by Crippen LogP contribution is 2.20. The fourth-order valence-electron chi connectivity index (χ4n) is 1.60. The maximum atomic E-state index is 13.9. The highest BCUT2D eigenvalue weighted by molar-refractivity contribution is 5.29. The first-order valence-electron chi connectivity index (χ1n) is 7.04. The Balaban J connectivity index is 2.51. The van der Waals surface area contributed by atoms with E-state index in [0.29, 0.717) is 31.4 Å². The molecule has 1 aromatic rings.